The molecule has 0 aliphatic carbocycles. The van der Waals surface area contributed by atoms with E-state index >= 15 is 0 Å². The van der Waals surface area contributed by atoms with Gasteiger partial charge in [0.25, 0.3) is 10.0 Å². The second kappa shape index (κ2) is 5.09. The van der Waals surface area contributed by atoms with Gasteiger partial charge in [-0.25, -0.2) is 8.42 Å². The van der Waals surface area contributed by atoms with Crippen molar-refractivity contribution in [3.63, 3.8) is 0 Å². The lowest BCUT2D eigenvalue weighted by atomic mass is 10.2. The van der Waals surface area contributed by atoms with Crippen molar-refractivity contribution >= 4 is 22.0 Å². The number of aromatic nitrogens is 2. The highest BCUT2D eigenvalue weighted by atomic mass is 32.2. The summed E-state index contributed by atoms with van der Waals surface area (Å²) in [5.41, 5.74) is 1.90. The second-order valence-electron chi connectivity index (χ2n) is 4.47. The molecule has 0 aliphatic heterocycles. The molecule has 0 radical (unpaired) electrons. The molecule has 0 bridgehead atoms. The minimum atomic E-state index is -3.70. The van der Waals surface area contributed by atoms with Gasteiger partial charge in [-0.2, -0.15) is 5.10 Å². The van der Waals surface area contributed by atoms with E-state index in [1.165, 1.54) is 4.68 Å². The summed E-state index contributed by atoms with van der Waals surface area (Å²) < 4.78 is 28.8. The third kappa shape index (κ3) is 2.57. The molecule has 0 unspecified atom stereocenters. The van der Waals surface area contributed by atoms with E-state index in [2.05, 4.69) is 9.82 Å². The quantitative estimate of drug-likeness (QED) is 0.869. The smallest absolute Gasteiger partial charge is 0.265 e. The molecule has 1 heterocycles. The van der Waals surface area contributed by atoms with Crippen LogP contribution in [0, 0.1) is 13.8 Å². The van der Waals surface area contributed by atoms with E-state index < -0.39 is 10.0 Å². The van der Waals surface area contributed by atoms with Crippen molar-refractivity contribution in [1.29, 1.82) is 0 Å². The van der Waals surface area contributed by atoms with Gasteiger partial charge in [0.15, 0.2) is 0 Å². The van der Waals surface area contributed by atoms with Crippen LogP contribution in [0.25, 0.3) is 0 Å². The van der Waals surface area contributed by atoms with Crippen molar-refractivity contribution in [1.82, 2.24) is 9.78 Å². The van der Waals surface area contributed by atoms with Crippen LogP contribution >= 0.6 is 0 Å². The zero-order valence-corrected chi connectivity index (χ0v) is 12.2. The Labute approximate surface area is 117 Å². The molecule has 6 nitrogen and oxygen atoms in total. The topological polar surface area (TPSA) is 81.1 Å². The molecule has 0 saturated carbocycles. The first-order chi connectivity index (χ1) is 9.35. The van der Waals surface area contributed by atoms with E-state index in [4.69, 9.17) is 0 Å². The molecule has 0 atom stereocenters. The lowest BCUT2D eigenvalue weighted by Crippen LogP contribution is -2.14. The summed E-state index contributed by atoms with van der Waals surface area (Å²) in [6, 6.07) is 6.19. The van der Waals surface area contributed by atoms with Crippen LogP contribution in [0.3, 0.4) is 0 Å². The van der Waals surface area contributed by atoms with Crippen molar-refractivity contribution in [2.45, 2.75) is 18.7 Å². The van der Waals surface area contributed by atoms with Crippen LogP contribution in [0.15, 0.2) is 29.2 Å². The van der Waals surface area contributed by atoms with Crippen LogP contribution in [-0.4, -0.2) is 24.5 Å². The monoisotopic (exact) mass is 293 g/mol. The van der Waals surface area contributed by atoms with Crippen LogP contribution in [0.1, 0.15) is 21.7 Å². The largest absolute Gasteiger partial charge is 0.298 e. The normalized spacial score (nSPS) is 11.3. The number of nitrogens with one attached hydrogen (secondary N) is 1. The van der Waals surface area contributed by atoms with Crippen molar-refractivity contribution < 1.29 is 13.2 Å². The van der Waals surface area contributed by atoms with Crippen LogP contribution < -0.4 is 4.72 Å². The number of nitrogens with zero attached hydrogens (tertiary/aromatic N) is 2. The zero-order chi connectivity index (χ0) is 14.9. The van der Waals surface area contributed by atoms with Gasteiger partial charge in [0, 0.05) is 18.3 Å². The summed E-state index contributed by atoms with van der Waals surface area (Å²) in [6.07, 6.45) is 0.702. The summed E-state index contributed by atoms with van der Waals surface area (Å²) >= 11 is 0. The number of aldehydes is 1. The van der Waals surface area contributed by atoms with Gasteiger partial charge in [-0.1, -0.05) is 0 Å². The van der Waals surface area contributed by atoms with E-state index in [9.17, 15) is 13.2 Å². The van der Waals surface area contributed by atoms with Gasteiger partial charge < -0.3 is 0 Å². The first kappa shape index (κ1) is 14.3. The summed E-state index contributed by atoms with van der Waals surface area (Å²) in [6.45, 7) is 3.35. The zero-order valence-electron chi connectivity index (χ0n) is 11.4. The number of hydrogen-bond acceptors (Lipinski definition) is 4. The number of carbonyl (C=O) groups excluding carboxylic acids is 1. The highest BCUT2D eigenvalue weighted by molar-refractivity contribution is 7.92. The Kier molecular flexibility index (Phi) is 3.63. The molecule has 20 heavy (non-hydrogen) atoms. The molecule has 2 aromatic rings. The molecule has 0 aliphatic rings. The third-order valence-electron chi connectivity index (χ3n) is 3.01. The maximum atomic E-state index is 12.4. The molecule has 7 heteroatoms. The third-order valence-corrected chi connectivity index (χ3v) is 4.64. The molecule has 106 valence electrons. The molecular weight excluding hydrogens is 278 g/mol. The van der Waals surface area contributed by atoms with Crippen molar-refractivity contribution in [3.05, 3.63) is 41.2 Å². The Morgan fingerprint density at radius 3 is 2.25 bits per heavy atom. The second-order valence-corrected chi connectivity index (χ2v) is 6.09. The Hall–Kier alpha value is -2.15. The van der Waals surface area contributed by atoms with E-state index in [0.29, 0.717) is 28.9 Å². The average Bonchev–Trinajstić information content (AvgIpc) is 2.64. The van der Waals surface area contributed by atoms with E-state index in [-0.39, 0.29) is 4.90 Å². The number of sulfonamides is 1. The van der Waals surface area contributed by atoms with Crippen LogP contribution in [0.2, 0.25) is 0 Å². The lowest BCUT2D eigenvalue weighted by Gasteiger charge is -2.08. The highest BCUT2D eigenvalue weighted by Crippen LogP contribution is 2.22. The average molecular weight is 293 g/mol. The van der Waals surface area contributed by atoms with Gasteiger partial charge in [0.05, 0.1) is 11.4 Å². The maximum absolute atomic E-state index is 12.4. The standard InChI is InChI=1S/C13H15N3O3S/c1-9-13(10(2)16(3)14-9)20(18,19)15-12-6-4-11(8-17)5-7-12/h4-8,15H,1-3H3. The molecule has 0 spiro atoms. The van der Waals surface area contributed by atoms with E-state index in [1.54, 1.807) is 45.2 Å². The maximum Gasteiger partial charge on any atom is 0.265 e. The van der Waals surface area contributed by atoms with Crippen LogP contribution in [0.5, 0.6) is 0 Å². The first-order valence-electron chi connectivity index (χ1n) is 5.93. The van der Waals surface area contributed by atoms with Crippen LogP contribution in [0.4, 0.5) is 5.69 Å². The summed E-state index contributed by atoms with van der Waals surface area (Å²) in [5, 5.41) is 4.10. The molecular formula is C13H15N3O3S. The SMILES string of the molecule is Cc1nn(C)c(C)c1S(=O)(=O)Nc1ccc(C=O)cc1. The number of benzene rings is 1. The van der Waals surface area contributed by atoms with Crippen molar-refractivity contribution in [2.75, 3.05) is 4.72 Å². The van der Waals surface area contributed by atoms with Crippen LogP contribution in [-0.2, 0) is 17.1 Å². The number of aryl methyl sites for hydroxylation is 2. The number of rotatable bonds is 4. The Morgan fingerprint density at radius 1 is 1.20 bits per heavy atom. The highest BCUT2D eigenvalue weighted by Gasteiger charge is 2.23. The van der Waals surface area contributed by atoms with Gasteiger partial charge in [0.2, 0.25) is 0 Å². The van der Waals surface area contributed by atoms with E-state index in [1.807, 2.05) is 0 Å². The van der Waals surface area contributed by atoms with Crippen molar-refractivity contribution in [3.8, 4) is 0 Å². The van der Waals surface area contributed by atoms with Crippen molar-refractivity contribution in [2.24, 2.45) is 7.05 Å². The van der Waals surface area contributed by atoms with Gasteiger partial charge in [-0.15, -0.1) is 0 Å². The number of hydrogen-bond donors (Lipinski definition) is 1. The molecule has 2 rings (SSSR count). The molecule has 1 N–H and O–H groups in total. The Morgan fingerprint density at radius 2 is 1.80 bits per heavy atom. The number of anilines is 1. The summed E-state index contributed by atoms with van der Waals surface area (Å²) in [4.78, 5) is 10.7. The Balaban J connectivity index is 2.37. The minimum absolute atomic E-state index is 0.180. The fraction of sp³-hybridized carbons (Fsp3) is 0.231. The van der Waals surface area contributed by atoms with E-state index in [0.717, 1.165) is 0 Å². The summed E-state index contributed by atoms with van der Waals surface area (Å²) in [5.74, 6) is 0. The summed E-state index contributed by atoms with van der Waals surface area (Å²) in [7, 11) is -2.00. The first-order valence-corrected chi connectivity index (χ1v) is 7.41. The van der Waals surface area contributed by atoms with Gasteiger partial charge in [-0.3, -0.25) is 14.2 Å². The molecule has 1 aromatic carbocycles. The fourth-order valence-electron chi connectivity index (χ4n) is 1.98. The Bertz CT molecular complexity index is 746. The van der Waals surface area contributed by atoms with Gasteiger partial charge in [-0.05, 0) is 38.1 Å². The molecule has 0 saturated heterocycles. The molecule has 0 amide bonds. The predicted octanol–water partition coefficient (Wildman–Crippen LogP) is 1.65. The van der Waals surface area contributed by atoms with Gasteiger partial charge in [0.1, 0.15) is 11.2 Å². The lowest BCUT2D eigenvalue weighted by molar-refractivity contribution is 0.112. The van der Waals surface area contributed by atoms with Gasteiger partial charge >= 0.3 is 0 Å². The predicted molar refractivity (Wildman–Crippen MR) is 75.3 cm³/mol. The number of carbonyl (C=O) groups is 1. The molecule has 1 aromatic heterocycles. The molecule has 0 fully saturated rings. The fourth-order valence-corrected chi connectivity index (χ4v) is 3.48. The minimum Gasteiger partial charge on any atom is -0.298 e.